The van der Waals surface area contributed by atoms with Crippen molar-refractivity contribution in [3.05, 3.63) is 24.0 Å². The van der Waals surface area contributed by atoms with E-state index >= 15 is 0 Å². The number of benzene rings is 1. The average Bonchev–Trinajstić information content (AvgIpc) is 2.12. The molecule has 1 heterocycles. The fraction of sp³-hybridized carbons (Fsp3) is 0.400. The van der Waals surface area contributed by atoms with Crippen molar-refractivity contribution in [2.45, 2.75) is 13.0 Å². The summed E-state index contributed by atoms with van der Waals surface area (Å²) in [5.41, 5.74) is 1.57. The van der Waals surface area contributed by atoms with Crippen LogP contribution < -0.4 is 10.2 Å². The summed E-state index contributed by atoms with van der Waals surface area (Å²) >= 11 is 0. The number of anilines is 2. The summed E-state index contributed by atoms with van der Waals surface area (Å²) in [7, 11) is 1.99. The van der Waals surface area contributed by atoms with Crippen molar-refractivity contribution in [2.75, 3.05) is 23.8 Å². The predicted molar refractivity (Wildman–Crippen MR) is 52.8 cm³/mol. The third-order valence-corrected chi connectivity index (χ3v) is 2.61. The maximum absolute atomic E-state index is 13.3. The summed E-state index contributed by atoms with van der Waals surface area (Å²) in [6.07, 6.45) is 0. The number of nitrogens with zero attached hydrogens (tertiary/aromatic N) is 1. The molecule has 0 spiro atoms. The number of para-hydroxylation sites is 1. The van der Waals surface area contributed by atoms with Crippen LogP contribution >= 0.6 is 0 Å². The number of hydrogen-bond acceptors (Lipinski definition) is 2. The van der Waals surface area contributed by atoms with Crippen molar-refractivity contribution < 1.29 is 4.39 Å². The first kappa shape index (κ1) is 8.35. The van der Waals surface area contributed by atoms with Gasteiger partial charge in [0.25, 0.3) is 0 Å². The molecule has 1 N–H and O–H groups in total. The van der Waals surface area contributed by atoms with Gasteiger partial charge < -0.3 is 10.2 Å². The number of hydrogen-bond donors (Lipinski definition) is 1. The van der Waals surface area contributed by atoms with E-state index in [4.69, 9.17) is 0 Å². The zero-order valence-corrected chi connectivity index (χ0v) is 7.84. The lowest BCUT2D eigenvalue weighted by atomic mass is 10.1. The fourth-order valence-electron chi connectivity index (χ4n) is 1.61. The third kappa shape index (κ3) is 1.24. The molecule has 1 aliphatic heterocycles. The first-order valence-corrected chi connectivity index (χ1v) is 4.45. The summed E-state index contributed by atoms with van der Waals surface area (Å²) in [5.74, 6) is -0.170. The van der Waals surface area contributed by atoms with Gasteiger partial charge in [-0.3, -0.25) is 0 Å². The molecule has 2 rings (SSSR count). The molecule has 1 aliphatic rings. The van der Waals surface area contributed by atoms with Crippen molar-refractivity contribution in [1.82, 2.24) is 0 Å². The second-order valence-electron chi connectivity index (χ2n) is 3.47. The van der Waals surface area contributed by atoms with Crippen LogP contribution in [0.4, 0.5) is 15.8 Å². The SMILES string of the molecule is CC1CNc2c(F)cccc2N1C. The molecule has 1 unspecified atom stereocenters. The highest BCUT2D eigenvalue weighted by Gasteiger charge is 2.21. The Hall–Kier alpha value is -1.25. The zero-order valence-electron chi connectivity index (χ0n) is 7.84. The summed E-state index contributed by atoms with van der Waals surface area (Å²) in [5, 5.41) is 3.09. The van der Waals surface area contributed by atoms with Gasteiger partial charge in [0, 0.05) is 19.6 Å². The molecule has 0 aromatic heterocycles. The normalized spacial score (nSPS) is 20.8. The van der Waals surface area contributed by atoms with Crippen LogP contribution in [0.2, 0.25) is 0 Å². The highest BCUT2D eigenvalue weighted by molar-refractivity contribution is 5.72. The fourth-order valence-corrected chi connectivity index (χ4v) is 1.61. The Kier molecular flexibility index (Phi) is 1.87. The lowest BCUT2D eigenvalue weighted by Crippen LogP contribution is -2.39. The lowest BCUT2D eigenvalue weighted by Gasteiger charge is -2.34. The van der Waals surface area contributed by atoms with Crippen LogP contribution in [0.1, 0.15) is 6.92 Å². The molecule has 0 amide bonds. The van der Waals surface area contributed by atoms with E-state index in [0.717, 1.165) is 12.2 Å². The molecule has 0 radical (unpaired) electrons. The molecule has 3 heteroatoms. The van der Waals surface area contributed by atoms with Crippen molar-refractivity contribution in [3.8, 4) is 0 Å². The van der Waals surface area contributed by atoms with E-state index in [0.29, 0.717) is 11.7 Å². The van der Waals surface area contributed by atoms with Gasteiger partial charge >= 0.3 is 0 Å². The quantitative estimate of drug-likeness (QED) is 0.657. The topological polar surface area (TPSA) is 15.3 Å². The average molecular weight is 180 g/mol. The Morgan fingerprint density at radius 2 is 2.31 bits per heavy atom. The van der Waals surface area contributed by atoms with E-state index in [1.807, 2.05) is 13.1 Å². The molecule has 1 atom stereocenters. The Morgan fingerprint density at radius 1 is 1.54 bits per heavy atom. The van der Waals surface area contributed by atoms with Gasteiger partial charge in [-0.05, 0) is 19.1 Å². The monoisotopic (exact) mass is 180 g/mol. The molecule has 2 nitrogen and oxygen atoms in total. The predicted octanol–water partition coefficient (Wildman–Crippen LogP) is 2.08. The highest BCUT2D eigenvalue weighted by Crippen LogP contribution is 2.31. The maximum Gasteiger partial charge on any atom is 0.148 e. The number of nitrogens with one attached hydrogen (secondary N) is 1. The second kappa shape index (κ2) is 2.91. The smallest absolute Gasteiger partial charge is 0.148 e. The van der Waals surface area contributed by atoms with E-state index in [2.05, 4.69) is 17.1 Å². The van der Waals surface area contributed by atoms with Gasteiger partial charge in [0.1, 0.15) is 5.82 Å². The van der Waals surface area contributed by atoms with E-state index in [1.54, 1.807) is 6.07 Å². The third-order valence-electron chi connectivity index (χ3n) is 2.61. The standard InChI is InChI=1S/C10H13FN2/c1-7-6-12-10-8(11)4-3-5-9(10)13(7)2/h3-5,7,12H,6H2,1-2H3. The Morgan fingerprint density at radius 3 is 3.08 bits per heavy atom. The van der Waals surface area contributed by atoms with E-state index < -0.39 is 0 Å². The minimum Gasteiger partial charge on any atom is -0.379 e. The van der Waals surface area contributed by atoms with Gasteiger partial charge in [-0.25, -0.2) is 4.39 Å². The van der Waals surface area contributed by atoms with Crippen LogP contribution in [0, 0.1) is 5.82 Å². The van der Waals surface area contributed by atoms with Crippen molar-refractivity contribution in [3.63, 3.8) is 0 Å². The lowest BCUT2D eigenvalue weighted by molar-refractivity contribution is 0.617. The Labute approximate surface area is 77.4 Å². The van der Waals surface area contributed by atoms with Crippen LogP contribution in [0.15, 0.2) is 18.2 Å². The minimum absolute atomic E-state index is 0.170. The minimum atomic E-state index is -0.170. The van der Waals surface area contributed by atoms with Crippen LogP contribution in [0.5, 0.6) is 0 Å². The molecular formula is C10H13FN2. The summed E-state index contributed by atoms with van der Waals surface area (Å²) in [6.45, 7) is 2.91. The van der Waals surface area contributed by atoms with Gasteiger partial charge in [-0.15, -0.1) is 0 Å². The zero-order chi connectivity index (χ0) is 9.42. The molecule has 0 aliphatic carbocycles. The summed E-state index contributed by atoms with van der Waals surface area (Å²) < 4.78 is 13.3. The van der Waals surface area contributed by atoms with Crippen LogP contribution in [0.25, 0.3) is 0 Å². The summed E-state index contributed by atoms with van der Waals surface area (Å²) in [4.78, 5) is 2.09. The molecule has 0 bridgehead atoms. The van der Waals surface area contributed by atoms with E-state index in [9.17, 15) is 4.39 Å². The van der Waals surface area contributed by atoms with E-state index in [1.165, 1.54) is 6.07 Å². The van der Waals surface area contributed by atoms with Gasteiger partial charge in [-0.2, -0.15) is 0 Å². The number of halogens is 1. The van der Waals surface area contributed by atoms with Gasteiger partial charge in [0.05, 0.1) is 11.4 Å². The molecule has 1 aromatic rings. The van der Waals surface area contributed by atoms with Crippen LogP contribution in [-0.2, 0) is 0 Å². The van der Waals surface area contributed by atoms with Crippen molar-refractivity contribution in [2.24, 2.45) is 0 Å². The highest BCUT2D eigenvalue weighted by atomic mass is 19.1. The first-order valence-electron chi connectivity index (χ1n) is 4.45. The molecule has 0 saturated carbocycles. The maximum atomic E-state index is 13.3. The molecule has 1 aromatic carbocycles. The second-order valence-corrected chi connectivity index (χ2v) is 3.47. The number of likely N-dealkylation sites (N-methyl/N-ethyl adjacent to an activating group) is 1. The van der Waals surface area contributed by atoms with Crippen molar-refractivity contribution in [1.29, 1.82) is 0 Å². The number of fused-ring (bicyclic) bond motifs is 1. The van der Waals surface area contributed by atoms with Gasteiger partial charge in [0.15, 0.2) is 0 Å². The molecule has 0 fully saturated rings. The molecule has 13 heavy (non-hydrogen) atoms. The van der Waals surface area contributed by atoms with E-state index in [-0.39, 0.29) is 5.82 Å². The number of rotatable bonds is 0. The van der Waals surface area contributed by atoms with Gasteiger partial charge in [0.2, 0.25) is 0 Å². The van der Waals surface area contributed by atoms with Crippen LogP contribution in [-0.4, -0.2) is 19.6 Å². The molecule has 0 saturated heterocycles. The largest absolute Gasteiger partial charge is 0.379 e. The molecule has 70 valence electrons. The summed E-state index contributed by atoms with van der Waals surface area (Å²) in [6, 6.07) is 5.57. The van der Waals surface area contributed by atoms with Crippen LogP contribution in [0.3, 0.4) is 0 Å². The first-order chi connectivity index (χ1) is 6.20. The van der Waals surface area contributed by atoms with Gasteiger partial charge in [-0.1, -0.05) is 6.07 Å². The molecular weight excluding hydrogens is 167 g/mol. The Bertz CT molecular complexity index is 325. The Balaban J connectivity index is 2.49. The van der Waals surface area contributed by atoms with Crippen molar-refractivity contribution >= 4 is 11.4 Å².